The van der Waals surface area contributed by atoms with Gasteiger partial charge in [0.15, 0.2) is 0 Å². The van der Waals surface area contributed by atoms with Crippen molar-refractivity contribution in [2.75, 3.05) is 11.9 Å². The Morgan fingerprint density at radius 3 is 2.53 bits per heavy atom. The number of carbonyl (C=O) groups excluding carboxylic acids is 2. The summed E-state index contributed by atoms with van der Waals surface area (Å²) in [6, 6.07) is 21.0. The van der Waals surface area contributed by atoms with Crippen LogP contribution in [0.25, 0.3) is 0 Å². The molecule has 0 aliphatic rings. The molecule has 3 aromatic rings. The Bertz CT molecular complexity index is 1070. The van der Waals surface area contributed by atoms with Crippen molar-refractivity contribution >= 4 is 51.3 Å². The summed E-state index contributed by atoms with van der Waals surface area (Å²) >= 11 is 9.42. The van der Waals surface area contributed by atoms with Crippen molar-refractivity contribution in [3.8, 4) is 5.75 Å². The number of rotatable bonds is 7. The largest absolute Gasteiger partial charge is 0.422 e. The average molecular weight is 487 g/mol. The van der Waals surface area contributed by atoms with Gasteiger partial charge in [-0.1, -0.05) is 57.9 Å². The van der Waals surface area contributed by atoms with Gasteiger partial charge in [-0.25, -0.2) is 10.2 Å². The van der Waals surface area contributed by atoms with Crippen molar-refractivity contribution in [2.45, 2.75) is 0 Å². The maximum absolute atomic E-state index is 12.4. The number of carbonyl (C=O) groups is 2. The number of para-hydroxylation sites is 1. The number of ether oxygens (including phenoxy) is 1. The van der Waals surface area contributed by atoms with Gasteiger partial charge in [-0.15, -0.1) is 0 Å². The lowest BCUT2D eigenvalue weighted by Crippen LogP contribution is -2.25. The minimum atomic E-state index is -0.589. The smallest absolute Gasteiger partial charge is 0.345 e. The number of hydrogen-bond donors (Lipinski definition) is 2. The van der Waals surface area contributed by atoms with Gasteiger partial charge in [-0.3, -0.25) is 4.79 Å². The summed E-state index contributed by atoms with van der Waals surface area (Å²) in [5.41, 5.74) is 4.02. The van der Waals surface area contributed by atoms with E-state index in [1.807, 2.05) is 30.3 Å². The lowest BCUT2D eigenvalue weighted by atomic mass is 10.2. The number of benzene rings is 3. The molecule has 1 amide bonds. The van der Waals surface area contributed by atoms with Crippen LogP contribution < -0.4 is 15.5 Å². The van der Waals surface area contributed by atoms with E-state index < -0.39 is 5.97 Å². The fourth-order valence-electron chi connectivity index (χ4n) is 2.45. The zero-order valence-electron chi connectivity index (χ0n) is 15.6. The number of esters is 1. The molecule has 0 aromatic heterocycles. The fourth-order valence-corrected chi connectivity index (χ4v) is 3.04. The van der Waals surface area contributed by atoms with Gasteiger partial charge in [0.2, 0.25) is 0 Å². The summed E-state index contributed by atoms with van der Waals surface area (Å²) in [5.74, 6) is -0.628. The topological polar surface area (TPSA) is 79.8 Å². The van der Waals surface area contributed by atoms with Crippen LogP contribution in [0, 0.1) is 0 Å². The highest BCUT2D eigenvalue weighted by Gasteiger charge is 2.14. The second-order valence-corrected chi connectivity index (χ2v) is 7.39. The predicted molar refractivity (Wildman–Crippen MR) is 121 cm³/mol. The van der Waals surface area contributed by atoms with Crippen molar-refractivity contribution in [1.29, 1.82) is 0 Å². The van der Waals surface area contributed by atoms with Crippen LogP contribution in [-0.4, -0.2) is 24.6 Å². The number of hydrazone groups is 1. The van der Waals surface area contributed by atoms with Crippen molar-refractivity contribution < 1.29 is 14.3 Å². The maximum atomic E-state index is 12.4. The summed E-state index contributed by atoms with van der Waals surface area (Å²) in [7, 11) is 0. The minimum absolute atomic E-state index is 0.0637. The second-order valence-electron chi connectivity index (χ2n) is 6.06. The first-order chi connectivity index (χ1) is 14.5. The summed E-state index contributed by atoms with van der Waals surface area (Å²) in [4.78, 5) is 24.4. The van der Waals surface area contributed by atoms with Crippen molar-refractivity contribution in [3.05, 3.63) is 93.4 Å². The molecule has 0 bridgehead atoms. The molecular weight excluding hydrogens is 470 g/mol. The maximum Gasteiger partial charge on any atom is 0.345 e. The fraction of sp³-hybridized carbons (Fsp3) is 0.0455. The van der Waals surface area contributed by atoms with E-state index in [9.17, 15) is 9.59 Å². The van der Waals surface area contributed by atoms with Crippen LogP contribution >= 0.6 is 27.5 Å². The number of anilines is 1. The van der Waals surface area contributed by atoms with E-state index in [1.165, 1.54) is 6.21 Å². The zero-order valence-corrected chi connectivity index (χ0v) is 18.0. The SMILES string of the molecule is O=C(CNc1ccccc1)N/N=C\c1cc(Br)ccc1OC(=O)c1ccccc1Cl. The van der Waals surface area contributed by atoms with Crippen molar-refractivity contribution in [1.82, 2.24) is 5.43 Å². The molecule has 6 nitrogen and oxygen atoms in total. The molecule has 3 rings (SSSR count). The summed E-state index contributed by atoms with van der Waals surface area (Å²) in [5, 5.41) is 7.24. The quantitative estimate of drug-likeness (QED) is 0.216. The summed E-state index contributed by atoms with van der Waals surface area (Å²) < 4.78 is 6.23. The molecule has 0 radical (unpaired) electrons. The lowest BCUT2D eigenvalue weighted by Gasteiger charge is -2.09. The Morgan fingerprint density at radius 1 is 1.03 bits per heavy atom. The Balaban J connectivity index is 1.64. The second kappa shape index (κ2) is 10.6. The highest BCUT2D eigenvalue weighted by molar-refractivity contribution is 9.10. The molecule has 2 N–H and O–H groups in total. The molecule has 0 spiro atoms. The van der Waals surface area contributed by atoms with Crippen LogP contribution in [0.4, 0.5) is 5.69 Å². The van der Waals surface area contributed by atoms with Gasteiger partial charge in [0.1, 0.15) is 5.75 Å². The van der Waals surface area contributed by atoms with E-state index in [0.29, 0.717) is 10.6 Å². The van der Waals surface area contributed by atoms with Gasteiger partial charge < -0.3 is 10.1 Å². The van der Waals surface area contributed by atoms with Crippen LogP contribution in [0.5, 0.6) is 5.75 Å². The summed E-state index contributed by atoms with van der Waals surface area (Å²) in [6.45, 7) is 0.0637. The van der Waals surface area contributed by atoms with Gasteiger partial charge in [-0.05, 0) is 42.5 Å². The van der Waals surface area contributed by atoms with E-state index in [-0.39, 0.29) is 23.8 Å². The Hall–Kier alpha value is -3.16. The van der Waals surface area contributed by atoms with E-state index in [0.717, 1.165) is 10.2 Å². The van der Waals surface area contributed by atoms with E-state index in [4.69, 9.17) is 16.3 Å². The van der Waals surface area contributed by atoms with Crippen LogP contribution in [0.15, 0.2) is 82.4 Å². The first kappa shape index (κ1) is 21.5. The molecule has 30 heavy (non-hydrogen) atoms. The lowest BCUT2D eigenvalue weighted by molar-refractivity contribution is -0.119. The third kappa shape index (κ3) is 6.17. The van der Waals surface area contributed by atoms with Gasteiger partial charge in [0.25, 0.3) is 5.91 Å². The Kier molecular flexibility index (Phi) is 7.59. The Morgan fingerprint density at radius 2 is 1.77 bits per heavy atom. The van der Waals surface area contributed by atoms with Crippen molar-refractivity contribution in [2.24, 2.45) is 5.10 Å². The van der Waals surface area contributed by atoms with Gasteiger partial charge >= 0.3 is 5.97 Å². The molecular formula is C22H17BrClN3O3. The molecule has 0 aliphatic carbocycles. The number of halogens is 2. The molecule has 0 unspecified atom stereocenters. The zero-order chi connectivity index (χ0) is 21.3. The third-order valence-electron chi connectivity index (χ3n) is 3.89. The third-order valence-corrected chi connectivity index (χ3v) is 4.71. The van der Waals surface area contributed by atoms with Crippen LogP contribution in [-0.2, 0) is 4.79 Å². The normalized spacial score (nSPS) is 10.6. The number of hydrogen-bond acceptors (Lipinski definition) is 5. The highest BCUT2D eigenvalue weighted by Crippen LogP contribution is 2.24. The van der Waals surface area contributed by atoms with Crippen LogP contribution in [0.2, 0.25) is 5.02 Å². The first-order valence-corrected chi connectivity index (χ1v) is 10.1. The molecule has 0 heterocycles. The van der Waals surface area contributed by atoms with E-state index in [2.05, 4.69) is 31.8 Å². The summed E-state index contributed by atoms with van der Waals surface area (Å²) in [6.07, 6.45) is 1.40. The molecule has 8 heteroatoms. The molecule has 0 atom stereocenters. The minimum Gasteiger partial charge on any atom is -0.422 e. The average Bonchev–Trinajstić information content (AvgIpc) is 2.75. The first-order valence-electron chi connectivity index (χ1n) is 8.90. The number of amides is 1. The van der Waals surface area contributed by atoms with Crippen LogP contribution in [0.3, 0.4) is 0 Å². The highest BCUT2D eigenvalue weighted by atomic mass is 79.9. The van der Waals surface area contributed by atoms with Crippen LogP contribution in [0.1, 0.15) is 15.9 Å². The molecule has 0 saturated heterocycles. The number of nitrogens with one attached hydrogen (secondary N) is 2. The molecule has 152 valence electrons. The van der Waals surface area contributed by atoms with Gasteiger partial charge in [-0.2, -0.15) is 5.10 Å². The standard InChI is InChI=1S/C22H17BrClN3O3/c23-16-10-11-20(30-22(29)18-8-4-5-9-19(18)24)15(12-16)13-26-27-21(28)14-25-17-6-2-1-3-7-17/h1-13,25H,14H2,(H,27,28)/b26-13-. The Labute approximate surface area is 187 Å². The van der Waals surface area contributed by atoms with Gasteiger partial charge in [0.05, 0.1) is 23.3 Å². The molecule has 0 saturated carbocycles. The number of nitrogens with zero attached hydrogens (tertiary/aromatic N) is 1. The predicted octanol–water partition coefficient (Wildman–Crippen LogP) is 4.88. The van der Waals surface area contributed by atoms with Crippen molar-refractivity contribution in [3.63, 3.8) is 0 Å². The van der Waals surface area contributed by atoms with E-state index >= 15 is 0 Å². The molecule has 0 aliphatic heterocycles. The molecule has 3 aromatic carbocycles. The van der Waals surface area contributed by atoms with E-state index in [1.54, 1.807) is 42.5 Å². The molecule has 0 fully saturated rings. The monoisotopic (exact) mass is 485 g/mol. The van der Waals surface area contributed by atoms with Gasteiger partial charge in [0, 0.05) is 15.7 Å².